The molecule has 3 nitrogen and oxygen atoms in total. The van der Waals surface area contributed by atoms with Crippen LogP contribution in [0.25, 0.3) is 92.7 Å². The number of thiophene rings is 1. The summed E-state index contributed by atoms with van der Waals surface area (Å²) in [7, 11) is 0. The molecule has 0 atom stereocenters. The van der Waals surface area contributed by atoms with E-state index < -0.39 is 0 Å². The van der Waals surface area contributed by atoms with Crippen molar-refractivity contribution in [3.05, 3.63) is 175 Å². The molecule has 7 aromatic carbocycles. The minimum absolute atomic E-state index is 0.194. The molecule has 4 heteroatoms. The quantitative estimate of drug-likeness (QED) is 0.183. The van der Waals surface area contributed by atoms with Gasteiger partial charge in [-0.1, -0.05) is 135 Å². The fraction of sp³-hybridized carbons (Fsp3) is 0.0612. The standard InChI is InChI=1S/C49H33N3S/c1-49(2)37-22-12-9-19-34(37)44-45(49)46-42(43-36-21-11-14-24-41(36)53-47(43)44)35-20-10-13-23-40(35)52(46)33-27-25-32(26-28-33)48-50-38(30-15-5-3-6-16-30)29-39(51-48)31-17-7-4-8-18-31/h3-29H,1-2H3. The number of benzene rings is 7. The lowest BCUT2D eigenvalue weighted by atomic mass is 9.81. The van der Waals surface area contributed by atoms with E-state index in [1.807, 2.05) is 23.5 Å². The molecule has 0 saturated carbocycles. The van der Waals surface area contributed by atoms with Gasteiger partial charge in [-0.15, -0.1) is 11.3 Å². The van der Waals surface area contributed by atoms with Gasteiger partial charge in [0.25, 0.3) is 0 Å². The first-order chi connectivity index (χ1) is 26.1. The number of para-hydroxylation sites is 1. The highest BCUT2D eigenvalue weighted by molar-refractivity contribution is 7.26. The second kappa shape index (κ2) is 11.3. The van der Waals surface area contributed by atoms with Crippen molar-refractivity contribution in [3.63, 3.8) is 0 Å². The predicted octanol–water partition coefficient (Wildman–Crippen LogP) is 13.2. The summed E-state index contributed by atoms with van der Waals surface area (Å²) in [6.45, 7) is 4.81. The molecule has 0 fully saturated rings. The Bertz CT molecular complexity index is 3000. The maximum absolute atomic E-state index is 5.12. The zero-order valence-electron chi connectivity index (χ0n) is 29.3. The van der Waals surface area contributed by atoms with E-state index in [0.29, 0.717) is 5.82 Å². The average molecular weight is 696 g/mol. The molecule has 0 saturated heterocycles. The van der Waals surface area contributed by atoms with Crippen LogP contribution in [0.3, 0.4) is 0 Å². The van der Waals surface area contributed by atoms with Crippen LogP contribution >= 0.6 is 11.3 Å². The topological polar surface area (TPSA) is 30.7 Å². The molecule has 1 aliphatic rings. The number of fused-ring (bicyclic) bond motifs is 12. The van der Waals surface area contributed by atoms with Crippen LogP contribution in [0.5, 0.6) is 0 Å². The second-order valence-electron chi connectivity index (χ2n) is 14.5. The van der Waals surface area contributed by atoms with Crippen molar-refractivity contribution in [2.45, 2.75) is 19.3 Å². The normalized spacial score (nSPS) is 13.2. The molecule has 0 amide bonds. The average Bonchev–Trinajstić information content (AvgIpc) is 3.84. The number of hydrogen-bond donors (Lipinski definition) is 0. The van der Waals surface area contributed by atoms with Crippen LogP contribution in [0, 0.1) is 0 Å². The zero-order valence-corrected chi connectivity index (χ0v) is 30.2. The third kappa shape index (κ3) is 4.39. The van der Waals surface area contributed by atoms with Crippen molar-refractivity contribution in [3.8, 4) is 50.7 Å². The van der Waals surface area contributed by atoms with Gasteiger partial charge in [-0.25, -0.2) is 9.97 Å². The van der Waals surface area contributed by atoms with Gasteiger partial charge in [0.05, 0.1) is 22.4 Å². The van der Waals surface area contributed by atoms with Crippen LogP contribution in [-0.4, -0.2) is 14.5 Å². The van der Waals surface area contributed by atoms with Crippen molar-refractivity contribution >= 4 is 53.3 Å². The predicted molar refractivity (Wildman–Crippen MR) is 223 cm³/mol. The highest BCUT2D eigenvalue weighted by Gasteiger charge is 2.41. The van der Waals surface area contributed by atoms with Gasteiger partial charge in [-0.05, 0) is 59.2 Å². The molecule has 11 rings (SSSR count). The third-order valence-electron chi connectivity index (χ3n) is 11.2. The summed E-state index contributed by atoms with van der Waals surface area (Å²) in [5.74, 6) is 0.711. The molecule has 3 heterocycles. The van der Waals surface area contributed by atoms with Gasteiger partial charge in [0.2, 0.25) is 0 Å². The highest BCUT2D eigenvalue weighted by atomic mass is 32.1. The Hall–Kier alpha value is -6.36. The molecule has 3 aromatic heterocycles. The van der Waals surface area contributed by atoms with E-state index >= 15 is 0 Å². The monoisotopic (exact) mass is 695 g/mol. The smallest absolute Gasteiger partial charge is 0.160 e. The van der Waals surface area contributed by atoms with Gasteiger partial charge in [0.1, 0.15) is 0 Å². The summed E-state index contributed by atoms with van der Waals surface area (Å²) in [6.07, 6.45) is 0. The van der Waals surface area contributed by atoms with E-state index in [-0.39, 0.29) is 5.41 Å². The van der Waals surface area contributed by atoms with Crippen LogP contribution in [0.2, 0.25) is 0 Å². The van der Waals surface area contributed by atoms with Crippen molar-refractivity contribution in [1.82, 2.24) is 14.5 Å². The van der Waals surface area contributed by atoms with E-state index in [1.165, 1.54) is 64.2 Å². The fourth-order valence-corrected chi connectivity index (χ4v) is 10.1. The molecule has 10 aromatic rings. The second-order valence-corrected chi connectivity index (χ2v) is 15.6. The van der Waals surface area contributed by atoms with E-state index in [2.05, 4.69) is 170 Å². The molecular weight excluding hydrogens is 663 g/mol. The largest absolute Gasteiger partial charge is 0.309 e. The first-order valence-corrected chi connectivity index (χ1v) is 19.0. The zero-order chi connectivity index (χ0) is 35.3. The molecule has 0 unspecified atom stereocenters. The number of aromatic nitrogens is 3. The summed E-state index contributed by atoms with van der Waals surface area (Å²) in [4.78, 5) is 10.2. The van der Waals surface area contributed by atoms with E-state index in [0.717, 1.165) is 33.8 Å². The van der Waals surface area contributed by atoms with Crippen molar-refractivity contribution < 1.29 is 0 Å². The molecule has 0 spiro atoms. The number of nitrogens with zero attached hydrogens (tertiary/aromatic N) is 3. The van der Waals surface area contributed by atoms with Crippen LogP contribution in [0.4, 0.5) is 0 Å². The molecule has 53 heavy (non-hydrogen) atoms. The Kier molecular flexibility index (Phi) is 6.47. The van der Waals surface area contributed by atoms with E-state index in [4.69, 9.17) is 9.97 Å². The van der Waals surface area contributed by atoms with Crippen LogP contribution in [-0.2, 0) is 5.41 Å². The van der Waals surface area contributed by atoms with Gasteiger partial charge >= 0.3 is 0 Å². The third-order valence-corrected chi connectivity index (χ3v) is 12.4. The van der Waals surface area contributed by atoms with Crippen molar-refractivity contribution in [2.24, 2.45) is 0 Å². The maximum atomic E-state index is 5.12. The Labute approximate surface area is 311 Å². The Morgan fingerprint density at radius 2 is 1.15 bits per heavy atom. The van der Waals surface area contributed by atoms with E-state index in [1.54, 1.807) is 0 Å². The van der Waals surface area contributed by atoms with Gasteiger partial charge < -0.3 is 4.57 Å². The molecule has 0 aliphatic heterocycles. The van der Waals surface area contributed by atoms with Crippen molar-refractivity contribution in [2.75, 3.05) is 0 Å². The first kappa shape index (κ1) is 30.3. The minimum atomic E-state index is -0.194. The highest BCUT2D eigenvalue weighted by Crippen LogP contribution is 2.58. The lowest BCUT2D eigenvalue weighted by molar-refractivity contribution is 0.664. The first-order valence-electron chi connectivity index (χ1n) is 18.2. The van der Waals surface area contributed by atoms with Gasteiger partial charge in [0, 0.05) is 64.3 Å². The van der Waals surface area contributed by atoms with Crippen LogP contribution in [0.15, 0.2) is 164 Å². The van der Waals surface area contributed by atoms with Gasteiger partial charge in [-0.3, -0.25) is 0 Å². The Morgan fingerprint density at radius 3 is 1.87 bits per heavy atom. The maximum Gasteiger partial charge on any atom is 0.160 e. The summed E-state index contributed by atoms with van der Waals surface area (Å²) in [5.41, 5.74) is 13.9. The van der Waals surface area contributed by atoms with Gasteiger partial charge in [-0.2, -0.15) is 0 Å². The van der Waals surface area contributed by atoms with Crippen molar-refractivity contribution in [1.29, 1.82) is 0 Å². The molecular formula is C49H33N3S. The summed E-state index contributed by atoms with van der Waals surface area (Å²) < 4.78 is 5.23. The summed E-state index contributed by atoms with van der Waals surface area (Å²) >= 11 is 1.94. The summed E-state index contributed by atoms with van der Waals surface area (Å²) in [5, 5.41) is 5.30. The number of hydrogen-bond acceptors (Lipinski definition) is 3. The fourth-order valence-electron chi connectivity index (χ4n) is 8.80. The van der Waals surface area contributed by atoms with Crippen LogP contribution in [0.1, 0.15) is 25.0 Å². The SMILES string of the molecule is CC1(C)c2ccccc2-c2c1c1c(c3ccccc3n1-c1ccc(-c3nc(-c4ccccc4)cc(-c4ccccc4)n3)cc1)c1c2sc2ccccc21. The Morgan fingerprint density at radius 1 is 0.547 bits per heavy atom. The van der Waals surface area contributed by atoms with Gasteiger partial charge in [0.15, 0.2) is 5.82 Å². The lowest BCUT2D eigenvalue weighted by Crippen LogP contribution is -2.16. The molecule has 250 valence electrons. The van der Waals surface area contributed by atoms with E-state index in [9.17, 15) is 0 Å². The minimum Gasteiger partial charge on any atom is -0.309 e. The lowest BCUT2D eigenvalue weighted by Gasteiger charge is -2.24. The molecule has 0 bridgehead atoms. The number of rotatable bonds is 4. The van der Waals surface area contributed by atoms with Crippen LogP contribution < -0.4 is 0 Å². The summed E-state index contributed by atoms with van der Waals surface area (Å²) in [6, 6.07) is 58.6. The molecule has 0 radical (unpaired) electrons. The molecule has 0 N–H and O–H groups in total. The Balaban J connectivity index is 1.18. The molecule has 1 aliphatic carbocycles.